The molecular weight excluding hydrogens is 280 g/mol. The summed E-state index contributed by atoms with van der Waals surface area (Å²) in [6.45, 7) is 13.8. The largest absolute Gasteiger partial charge is 0.490 e. The normalized spacial score (nSPS) is 18.3. The van der Waals surface area contributed by atoms with Crippen molar-refractivity contribution in [2.75, 3.05) is 0 Å². The van der Waals surface area contributed by atoms with Crippen molar-refractivity contribution in [1.82, 2.24) is 0 Å². The molecule has 1 aliphatic carbocycles. The molecule has 1 saturated carbocycles. The van der Waals surface area contributed by atoms with Gasteiger partial charge in [0.25, 0.3) is 0 Å². The highest BCUT2D eigenvalue weighted by molar-refractivity contribution is 5.43. The van der Waals surface area contributed by atoms with Crippen LogP contribution in [0.4, 0.5) is 0 Å². The second-order valence-corrected chi connectivity index (χ2v) is 9.29. The standard InChI is InChI=1S/C22H36O/c1-21(2,3)19-15-14-18(16-20(19)22(4,5)6)23-17-12-10-8-7-9-11-13-17/h14-17H,7-13H2,1-6H3. The summed E-state index contributed by atoms with van der Waals surface area (Å²) in [5, 5.41) is 0. The molecule has 130 valence electrons. The van der Waals surface area contributed by atoms with Crippen LogP contribution in [0.5, 0.6) is 5.75 Å². The van der Waals surface area contributed by atoms with Gasteiger partial charge in [0, 0.05) is 0 Å². The molecule has 23 heavy (non-hydrogen) atoms. The monoisotopic (exact) mass is 316 g/mol. The van der Waals surface area contributed by atoms with Crippen LogP contribution in [0.25, 0.3) is 0 Å². The Balaban J connectivity index is 2.23. The minimum absolute atomic E-state index is 0.142. The first-order valence-corrected chi connectivity index (χ1v) is 9.49. The highest BCUT2D eigenvalue weighted by Crippen LogP contribution is 2.36. The van der Waals surface area contributed by atoms with Gasteiger partial charge >= 0.3 is 0 Å². The zero-order valence-electron chi connectivity index (χ0n) is 16.2. The van der Waals surface area contributed by atoms with Crippen molar-refractivity contribution < 1.29 is 4.74 Å². The van der Waals surface area contributed by atoms with Crippen molar-refractivity contribution in [1.29, 1.82) is 0 Å². The van der Waals surface area contributed by atoms with E-state index in [9.17, 15) is 0 Å². The lowest BCUT2D eigenvalue weighted by Crippen LogP contribution is -2.23. The maximum absolute atomic E-state index is 6.39. The van der Waals surface area contributed by atoms with Crippen LogP contribution in [0.2, 0.25) is 0 Å². The lowest BCUT2D eigenvalue weighted by Gasteiger charge is -2.31. The van der Waals surface area contributed by atoms with Crippen molar-refractivity contribution in [2.45, 2.75) is 103 Å². The highest BCUT2D eigenvalue weighted by Gasteiger charge is 2.26. The number of hydrogen-bond donors (Lipinski definition) is 0. The predicted octanol–water partition coefficient (Wildman–Crippen LogP) is 6.77. The van der Waals surface area contributed by atoms with Gasteiger partial charge in [0.05, 0.1) is 6.10 Å². The zero-order chi connectivity index (χ0) is 17.1. The Morgan fingerprint density at radius 3 is 1.78 bits per heavy atom. The molecule has 0 unspecified atom stereocenters. The maximum atomic E-state index is 6.39. The minimum atomic E-state index is 0.142. The highest BCUT2D eigenvalue weighted by atomic mass is 16.5. The summed E-state index contributed by atoms with van der Waals surface area (Å²) in [6, 6.07) is 6.78. The van der Waals surface area contributed by atoms with E-state index in [4.69, 9.17) is 4.74 Å². The third kappa shape index (κ3) is 5.26. The second kappa shape index (κ2) is 7.28. The SMILES string of the molecule is CC(C)(C)c1ccc(OC2CCCCCCC2)cc1C(C)(C)C. The summed E-state index contributed by atoms with van der Waals surface area (Å²) < 4.78 is 6.39. The topological polar surface area (TPSA) is 9.23 Å². The fourth-order valence-electron chi connectivity index (χ4n) is 3.60. The first kappa shape index (κ1) is 18.4. The molecule has 0 amide bonds. The number of hydrogen-bond acceptors (Lipinski definition) is 1. The van der Waals surface area contributed by atoms with E-state index in [1.54, 1.807) is 0 Å². The Hall–Kier alpha value is -0.980. The van der Waals surface area contributed by atoms with Gasteiger partial charge in [-0.1, -0.05) is 66.9 Å². The molecule has 1 fully saturated rings. The van der Waals surface area contributed by atoms with E-state index in [2.05, 4.69) is 59.7 Å². The Kier molecular flexibility index (Phi) is 5.81. The molecule has 0 bridgehead atoms. The molecule has 1 aliphatic rings. The van der Waals surface area contributed by atoms with Gasteiger partial charge in [-0.2, -0.15) is 0 Å². The van der Waals surface area contributed by atoms with Gasteiger partial charge in [-0.25, -0.2) is 0 Å². The van der Waals surface area contributed by atoms with Crippen LogP contribution in [0.1, 0.15) is 97.6 Å². The van der Waals surface area contributed by atoms with Gasteiger partial charge in [0.1, 0.15) is 5.75 Å². The van der Waals surface area contributed by atoms with Gasteiger partial charge in [0.15, 0.2) is 0 Å². The van der Waals surface area contributed by atoms with Crippen LogP contribution >= 0.6 is 0 Å². The quantitative estimate of drug-likeness (QED) is 0.584. The average molecular weight is 317 g/mol. The van der Waals surface area contributed by atoms with E-state index in [1.165, 1.54) is 56.1 Å². The first-order chi connectivity index (χ1) is 10.7. The van der Waals surface area contributed by atoms with Crippen LogP contribution in [-0.2, 0) is 10.8 Å². The van der Waals surface area contributed by atoms with Crippen LogP contribution in [0.15, 0.2) is 18.2 Å². The summed E-state index contributed by atoms with van der Waals surface area (Å²) >= 11 is 0. The predicted molar refractivity (Wildman–Crippen MR) is 101 cm³/mol. The van der Waals surface area contributed by atoms with Crippen molar-refractivity contribution in [2.24, 2.45) is 0 Å². The molecule has 0 aromatic heterocycles. The molecule has 2 rings (SSSR count). The fourth-order valence-corrected chi connectivity index (χ4v) is 3.60. The van der Waals surface area contributed by atoms with E-state index in [1.807, 2.05) is 0 Å². The number of ether oxygens (including phenoxy) is 1. The summed E-state index contributed by atoms with van der Waals surface area (Å²) in [6.07, 6.45) is 9.61. The average Bonchev–Trinajstić information content (AvgIpc) is 2.39. The third-order valence-corrected chi connectivity index (χ3v) is 4.96. The number of rotatable bonds is 2. The Morgan fingerprint density at radius 1 is 0.739 bits per heavy atom. The van der Waals surface area contributed by atoms with Crippen molar-refractivity contribution in [3.63, 3.8) is 0 Å². The molecule has 0 N–H and O–H groups in total. The van der Waals surface area contributed by atoms with E-state index in [0.29, 0.717) is 6.10 Å². The molecule has 0 saturated heterocycles. The van der Waals surface area contributed by atoms with Crippen LogP contribution in [-0.4, -0.2) is 6.10 Å². The molecule has 0 heterocycles. The fraction of sp³-hybridized carbons (Fsp3) is 0.727. The first-order valence-electron chi connectivity index (χ1n) is 9.49. The molecule has 0 radical (unpaired) electrons. The van der Waals surface area contributed by atoms with Crippen molar-refractivity contribution in [3.05, 3.63) is 29.3 Å². The van der Waals surface area contributed by atoms with Gasteiger partial charge in [-0.15, -0.1) is 0 Å². The molecule has 0 atom stereocenters. The molecule has 1 heteroatoms. The third-order valence-electron chi connectivity index (χ3n) is 4.96. The van der Waals surface area contributed by atoms with Gasteiger partial charge in [-0.3, -0.25) is 0 Å². The molecule has 0 spiro atoms. The van der Waals surface area contributed by atoms with Crippen LogP contribution in [0.3, 0.4) is 0 Å². The summed E-state index contributed by atoms with van der Waals surface area (Å²) in [4.78, 5) is 0. The van der Waals surface area contributed by atoms with Gasteiger partial charge < -0.3 is 4.74 Å². The van der Waals surface area contributed by atoms with E-state index >= 15 is 0 Å². The smallest absolute Gasteiger partial charge is 0.120 e. The van der Waals surface area contributed by atoms with Crippen molar-refractivity contribution >= 4 is 0 Å². The van der Waals surface area contributed by atoms with Crippen LogP contribution in [0, 0.1) is 0 Å². The molecule has 1 nitrogen and oxygen atoms in total. The summed E-state index contributed by atoms with van der Waals surface area (Å²) in [5.41, 5.74) is 3.17. The Labute approximate surface area is 143 Å². The van der Waals surface area contributed by atoms with E-state index < -0.39 is 0 Å². The summed E-state index contributed by atoms with van der Waals surface area (Å²) in [7, 11) is 0. The molecule has 1 aromatic rings. The van der Waals surface area contributed by atoms with E-state index in [0.717, 1.165) is 5.75 Å². The lowest BCUT2D eigenvalue weighted by molar-refractivity contribution is 0.166. The Bertz CT molecular complexity index is 494. The minimum Gasteiger partial charge on any atom is -0.490 e. The molecule has 1 aromatic carbocycles. The second-order valence-electron chi connectivity index (χ2n) is 9.29. The van der Waals surface area contributed by atoms with Gasteiger partial charge in [-0.05, 0) is 59.8 Å². The Morgan fingerprint density at radius 2 is 1.26 bits per heavy atom. The molecular formula is C22H36O. The maximum Gasteiger partial charge on any atom is 0.120 e. The lowest BCUT2D eigenvalue weighted by atomic mass is 9.75. The molecule has 0 aliphatic heterocycles. The van der Waals surface area contributed by atoms with E-state index in [-0.39, 0.29) is 10.8 Å². The number of benzene rings is 1. The zero-order valence-corrected chi connectivity index (χ0v) is 16.2. The van der Waals surface area contributed by atoms with Gasteiger partial charge in [0.2, 0.25) is 0 Å². The van der Waals surface area contributed by atoms with Crippen LogP contribution < -0.4 is 4.74 Å². The summed E-state index contributed by atoms with van der Waals surface area (Å²) in [5.74, 6) is 1.06. The van der Waals surface area contributed by atoms with Crippen molar-refractivity contribution in [3.8, 4) is 5.75 Å².